The lowest BCUT2D eigenvalue weighted by atomic mass is 10.2. The number of carbonyl (C=O) groups excluding carboxylic acids is 2. The van der Waals surface area contributed by atoms with Gasteiger partial charge >= 0.3 is 0 Å². The van der Waals surface area contributed by atoms with Crippen LogP contribution in [-0.4, -0.2) is 53.5 Å². The Kier molecular flexibility index (Phi) is 7.65. The van der Waals surface area contributed by atoms with Gasteiger partial charge in [0.05, 0.1) is 18.1 Å². The van der Waals surface area contributed by atoms with Gasteiger partial charge in [0.2, 0.25) is 5.91 Å². The van der Waals surface area contributed by atoms with Crippen LogP contribution in [0.5, 0.6) is 5.75 Å². The summed E-state index contributed by atoms with van der Waals surface area (Å²) in [6, 6.07) is 14.8. The molecular formula is C24H30N4O3. The Morgan fingerprint density at radius 2 is 1.87 bits per heavy atom. The molecule has 0 aliphatic carbocycles. The highest BCUT2D eigenvalue weighted by atomic mass is 16.5. The average Bonchev–Trinajstić information content (AvgIpc) is 3.14. The number of fused-ring (bicyclic) bond motifs is 1. The summed E-state index contributed by atoms with van der Waals surface area (Å²) in [6.07, 6.45) is 2.56. The summed E-state index contributed by atoms with van der Waals surface area (Å²) in [5, 5.41) is 2.93. The molecule has 3 rings (SSSR count). The van der Waals surface area contributed by atoms with E-state index in [9.17, 15) is 9.59 Å². The van der Waals surface area contributed by atoms with E-state index < -0.39 is 0 Å². The van der Waals surface area contributed by atoms with E-state index in [1.807, 2.05) is 35.9 Å². The first-order valence-corrected chi connectivity index (χ1v) is 10.6. The van der Waals surface area contributed by atoms with Crippen LogP contribution in [0.1, 0.15) is 35.9 Å². The van der Waals surface area contributed by atoms with Gasteiger partial charge in [-0.1, -0.05) is 25.5 Å². The Hall–Kier alpha value is -3.35. The molecule has 0 radical (unpaired) electrons. The molecule has 0 fully saturated rings. The number of imidazole rings is 1. The predicted octanol–water partition coefficient (Wildman–Crippen LogP) is 3.28. The molecule has 2 aromatic carbocycles. The van der Waals surface area contributed by atoms with Gasteiger partial charge in [-0.15, -0.1) is 0 Å². The number of hydrogen-bond acceptors (Lipinski definition) is 4. The van der Waals surface area contributed by atoms with Crippen LogP contribution in [0.15, 0.2) is 48.5 Å². The maximum atomic E-state index is 12.7. The number of nitrogens with one attached hydrogen (secondary N) is 1. The molecule has 164 valence electrons. The number of carbonyl (C=O) groups is 2. The summed E-state index contributed by atoms with van der Waals surface area (Å²) in [4.78, 5) is 31.6. The van der Waals surface area contributed by atoms with Crippen molar-refractivity contribution in [1.82, 2.24) is 19.8 Å². The van der Waals surface area contributed by atoms with Gasteiger partial charge in [-0.25, -0.2) is 4.98 Å². The van der Waals surface area contributed by atoms with E-state index in [0.29, 0.717) is 24.3 Å². The molecule has 0 saturated heterocycles. The number of hydrogen-bond donors (Lipinski definition) is 1. The van der Waals surface area contributed by atoms with Crippen molar-refractivity contribution in [3.63, 3.8) is 0 Å². The molecule has 0 aliphatic heterocycles. The number of unbranched alkanes of at least 4 members (excludes halogenated alkanes) is 1. The van der Waals surface area contributed by atoms with Crippen LogP contribution in [0.2, 0.25) is 0 Å². The number of likely N-dealkylation sites (N-methyl/N-ethyl adjacent to an activating group) is 1. The second-order valence-corrected chi connectivity index (χ2v) is 7.51. The quantitative estimate of drug-likeness (QED) is 0.544. The Labute approximate surface area is 183 Å². The Morgan fingerprint density at radius 1 is 1.13 bits per heavy atom. The molecule has 2 amide bonds. The van der Waals surface area contributed by atoms with Crippen molar-refractivity contribution in [1.29, 1.82) is 0 Å². The fraction of sp³-hybridized carbons (Fsp3) is 0.375. The second-order valence-electron chi connectivity index (χ2n) is 7.51. The number of aromatic nitrogens is 2. The smallest absolute Gasteiger partial charge is 0.251 e. The third-order valence-electron chi connectivity index (χ3n) is 5.29. The molecule has 0 saturated carbocycles. The highest BCUT2D eigenvalue weighted by Crippen LogP contribution is 2.17. The topological polar surface area (TPSA) is 76.5 Å². The highest BCUT2D eigenvalue weighted by Gasteiger charge is 2.16. The summed E-state index contributed by atoms with van der Waals surface area (Å²) in [5.74, 6) is 1.40. The number of amides is 2. The zero-order chi connectivity index (χ0) is 22.2. The third-order valence-corrected chi connectivity index (χ3v) is 5.29. The minimum Gasteiger partial charge on any atom is -0.497 e. The lowest BCUT2D eigenvalue weighted by molar-refractivity contribution is -0.130. The molecule has 1 aromatic heterocycles. The van der Waals surface area contributed by atoms with Crippen LogP contribution in [0.4, 0.5) is 0 Å². The van der Waals surface area contributed by atoms with E-state index in [4.69, 9.17) is 9.72 Å². The molecule has 0 spiro atoms. The number of methoxy groups -OCH3 is 1. The Morgan fingerprint density at radius 3 is 2.58 bits per heavy atom. The van der Waals surface area contributed by atoms with Gasteiger partial charge in [-0.05, 0) is 42.8 Å². The van der Waals surface area contributed by atoms with Gasteiger partial charge in [0.25, 0.3) is 5.91 Å². The molecular weight excluding hydrogens is 392 g/mol. The molecule has 1 heterocycles. The molecule has 0 bridgehead atoms. The average molecular weight is 423 g/mol. The third kappa shape index (κ3) is 5.63. The van der Waals surface area contributed by atoms with E-state index in [1.54, 1.807) is 36.3 Å². The van der Waals surface area contributed by atoms with E-state index in [0.717, 1.165) is 36.2 Å². The SMILES string of the molecule is CCCCN(C)C(=O)Cn1c(CCNC(=O)c2ccc(OC)cc2)nc2ccccc21. The lowest BCUT2D eigenvalue weighted by Gasteiger charge is -2.18. The van der Waals surface area contributed by atoms with Crippen molar-refractivity contribution in [3.05, 3.63) is 59.9 Å². The molecule has 31 heavy (non-hydrogen) atoms. The van der Waals surface area contributed by atoms with Crippen molar-refractivity contribution in [3.8, 4) is 5.75 Å². The number of rotatable bonds is 10. The summed E-state index contributed by atoms with van der Waals surface area (Å²) >= 11 is 0. The number of benzene rings is 2. The van der Waals surface area contributed by atoms with Gasteiger partial charge in [0, 0.05) is 32.1 Å². The van der Waals surface area contributed by atoms with Crippen molar-refractivity contribution in [2.45, 2.75) is 32.7 Å². The first kappa shape index (κ1) is 22.3. The van der Waals surface area contributed by atoms with E-state index in [-0.39, 0.29) is 18.4 Å². The normalized spacial score (nSPS) is 10.8. The monoisotopic (exact) mass is 422 g/mol. The number of ether oxygens (including phenoxy) is 1. The largest absolute Gasteiger partial charge is 0.497 e. The molecule has 1 N–H and O–H groups in total. The first-order valence-electron chi connectivity index (χ1n) is 10.6. The van der Waals surface area contributed by atoms with Crippen LogP contribution >= 0.6 is 0 Å². The van der Waals surface area contributed by atoms with Crippen molar-refractivity contribution < 1.29 is 14.3 Å². The number of nitrogens with zero attached hydrogens (tertiary/aromatic N) is 3. The lowest BCUT2D eigenvalue weighted by Crippen LogP contribution is -2.32. The van der Waals surface area contributed by atoms with Crippen LogP contribution in [0, 0.1) is 0 Å². The minimum atomic E-state index is -0.152. The minimum absolute atomic E-state index is 0.0557. The summed E-state index contributed by atoms with van der Waals surface area (Å²) in [5.41, 5.74) is 2.35. The number of para-hydroxylation sites is 2. The molecule has 7 heteroatoms. The predicted molar refractivity (Wildman–Crippen MR) is 121 cm³/mol. The fourth-order valence-corrected chi connectivity index (χ4v) is 3.40. The van der Waals surface area contributed by atoms with E-state index in [2.05, 4.69) is 12.2 Å². The zero-order valence-corrected chi connectivity index (χ0v) is 18.4. The summed E-state index contributed by atoms with van der Waals surface area (Å²) in [6.45, 7) is 3.52. The Balaban J connectivity index is 1.68. The molecule has 0 atom stereocenters. The molecule has 3 aromatic rings. The van der Waals surface area contributed by atoms with E-state index >= 15 is 0 Å². The maximum absolute atomic E-state index is 12.7. The highest BCUT2D eigenvalue weighted by molar-refractivity contribution is 5.94. The van der Waals surface area contributed by atoms with Crippen LogP contribution in [0.25, 0.3) is 11.0 Å². The van der Waals surface area contributed by atoms with Crippen molar-refractivity contribution in [2.75, 3.05) is 27.2 Å². The Bertz CT molecular complexity index is 1030. The molecule has 0 unspecified atom stereocenters. The maximum Gasteiger partial charge on any atom is 0.251 e. The van der Waals surface area contributed by atoms with Gasteiger partial charge < -0.3 is 19.5 Å². The second kappa shape index (κ2) is 10.6. The van der Waals surface area contributed by atoms with Gasteiger partial charge in [-0.3, -0.25) is 9.59 Å². The van der Waals surface area contributed by atoms with Crippen LogP contribution in [0.3, 0.4) is 0 Å². The molecule has 0 aliphatic rings. The first-order chi connectivity index (χ1) is 15.0. The van der Waals surface area contributed by atoms with Gasteiger partial charge in [0.1, 0.15) is 18.1 Å². The van der Waals surface area contributed by atoms with E-state index in [1.165, 1.54) is 0 Å². The standard InChI is InChI=1S/C24H30N4O3/c1-4-5-16-27(2)23(29)17-28-21-9-7-6-8-20(21)26-22(28)14-15-25-24(30)18-10-12-19(31-3)13-11-18/h6-13H,4-5,14-17H2,1-3H3,(H,25,30). The summed E-state index contributed by atoms with van der Waals surface area (Å²) in [7, 11) is 3.43. The van der Waals surface area contributed by atoms with Crippen molar-refractivity contribution in [2.24, 2.45) is 0 Å². The van der Waals surface area contributed by atoms with Crippen LogP contribution < -0.4 is 10.1 Å². The van der Waals surface area contributed by atoms with Crippen molar-refractivity contribution >= 4 is 22.8 Å². The fourth-order valence-electron chi connectivity index (χ4n) is 3.40. The molecule has 7 nitrogen and oxygen atoms in total. The van der Waals surface area contributed by atoms with Gasteiger partial charge in [0.15, 0.2) is 0 Å². The zero-order valence-electron chi connectivity index (χ0n) is 18.4. The van der Waals surface area contributed by atoms with Gasteiger partial charge in [-0.2, -0.15) is 0 Å². The summed E-state index contributed by atoms with van der Waals surface area (Å²) < 4.78 is 7.08. The van der Waals surface area contributed by atoms with Crippen LogP contribution in [-0.2, 0) is 17.8 Å².